The van der Waals surface area contributed by atoms with Crippen LogP contribution in [0.25, 0.3) is 0 Å². The van der Waals surface area contributed by atoms with Crippen molar-refractivity contribution in [3.05, 3.63) is 58.6 Å². The minimum absolute atomic E-state index is 0. The van der Waals surface area contributed by atoms with Gasteiger partial charge in [0.15, 0.2) is 0 Å². The van der Waals surface area contributed by atoms with Crippen molar-refractivity contribution in [2.45, 2.75) is 88.9 Å². The number of carbonyl (C=O) groups is 3. The zero-order chi connectivity index (χ0) is 30.6. The van der Waals surface area contributed by atoms with Gasteiger partial charge in [0.05, 0.1) is 16.7 Å². The zero-order valence-corrected chi connectivity index (χ0v) is 26.7. The van der Waals surface area contributed by atoms with Gasteiger partial charge in [-0.2, -0.15) is 0 Å². The van der Waals surface area contributed by atoms with Gasteiger partial charge in [-0.15, -0.1) is 12.4 Å². The number of aliphatic hydroxyl groups excluding tert-OH is 1. The topological polar surface area (TPSA) is 119 Å². The van der Waals surface area contributed by atoms with E-state index in [0.29, 0.717) is 50.5 Å². The molecule has 2 aromatic carbocycles. The minimum Gasteiger partial charge on any atom is -0.478 e. The number of carbonyl (C=O) groups excluding carboxylic acids is 2. The molecule has 5 rings (SSSR count). The van der Waals surface area contributed by atoms with Crippen LogP contribution in [-0.4, -0.2) is 75.1 Å². The average Bonchev–Trinajstić information content (AvgIpc) is 3.02. The van der Waals surface area contributed by atoms with Crippen molar-refractivity contribution in [1.29, 1.82) is 0 Å². The van der Waals surface area contributed by atoms with E-state index in [1.165, 1.54) is 18.2 Å². The Bertz CT molecular complexity index is 1310. The highest BCUT2D eigenvalue weighted by atomic mass is 35.5. The third-order valence-corrected chi connectivity index (χ3v) is 9.68. The van der Waals surface area contributed by atoms with Gasteiger partial charge in [-0.05, 0) is 73.9 Å². The summed E-state index contributed by atoms with van der Waals surface area (Å²) in [7, 11) is 0. The highest BCUT2D eigenvalue weighted by Gasteiger charge is 2.55. The number of hydrogen-bond acceptors (Lipinski definition) is 6. The summed E-state index contributed by atoms with van der Waals surface area (Å²) in [4.78, 5) is 42.8. The Morgan fingerprint density at radius 2 is 1.77 bits per heavy atom. The lowest BCUT2D eigenvalue weighted by Gasteiger charge is -2.52. The number of unbranched alkanes of at least 4 members (excludes halogenated alkanes) is 1. The molecule has 44 heavy (non-hydrogen) atoms. The summed E-state index contributed by atoms with van der Waals surface area (Å²) >= 11 is 6.20. The predicted octanol–water partition coefficient (Wildman–Crippen LogP) is 5.66. The van der Waals surface area contributed by atoms with Gasteiger partial charge in [0.1, 0.15) is 23.1 Å². The molecule has 2 amide bonds. The zero-order valence-electron chi connectivity index (χ0n) is 25.2. The molecule has 2 saturated heterocycles. The predicted molar refractivity (Wildman–Crippen MR) is 171 cm³/mol. The molecular weight excluding hydrogens is 605 g/mol. The lowest BCUT2D eigenvalue weighted by atomic mass is 9.78. The lowest BCUT2D eigenvalue weighted by Crippen LogP contribution is -2.75. The molecule has 0 unspecified atom stereocenters. The summed E-state index contributed by atoms with van der Waals surface area (Å²) in [5.41, 5.74) is 0.299. The van der Waals surface area contributed by atoms with Crippen molar-refractivity contribution in [2.24, 2.45) is 5.92 Å². The van der Waals surface area contributed by atoms with Gasteiger partial charge in [0.2, 0.25) is 11.8 Å². The number of likely N-dealkylation sites (tertiary alicyclic amines) is 1. The highest BCUT2D eigenvalue weighted by molar-refractivity contribution is 6.32. The van der Waals surface area contributed by atoms with Crippen LogP contribution < -0.4 is 10.1 Å². The van der Waals surface area contributed by atoms with Crippen molar-refractivity contribution < 1.29 is 29.3 Å². The van der Waals surface area contributed by atoms with Gasteiger partial charge < -0.3 is 25.2 Å². The Hall–Kier alpha value is -2.85. The van der Waals surface area contributed by atoms with E-state index < -0.39 is 23.7 Å². The summed E-state index contributed by atoms with van der Waals surface area (Å²) in [6.45, 7) is 4.64. The number of benzene rings is 2. The maximum atomic E-state index is 13.8. The number of piperidine rings is 1. The maximum Gasteiger partial charge on any atom is 0.335 e. The quantitative estimate of drug-likeness (QED) is 0.305. The Morgan fingerprint density at radius 3 is 2.39 bits per heavy atom. The van der Waals surface area contributed by atoms with Crippen LogP contribution in [-0.2, 0) is 16.1 Å². The molecule has 1 spiro atoms. The molecule has 9 nitrogen and oxygen atoms in total. The second-order valence-corrected chi connectivity index (χ2v) is 12.6. The Labute approximate surface area is 270 Å². The first kappa shape index (κ1) is 34.0. The van der Waals surface area contributed by atoms with E-state index in [-0.39, 0.29) is 40.7 Å². The molecule has 11 heteroatoms. The fourth-order valence-electron chi connectivity index (χ4n) is 6.80. The van der Waals surface area contributed by atoms with Gasteiger partial charge in [-0.1, -0.05) is 56.3 Å². The normalized spacial score (nSPS) is 21.4. The third-order valence-electron chi connectivity index (χ3n) is 9.39. The van der Waals surface area contributed by atoms with Crippen LogP contribution in [0.5, 0.6) is 11.5 Å². The number of aliphatic hydroxyl groups is 1. The molecule has 2 aromatic rings. The van der Waals surface area contributed by atoms with Crippen LogP contribution in [0.2, 0.25) is 5.02 Å². The van der Waals surface area contributed by atoms with Gasteiger partial charge in [0.25, 0.3) is 0 Å². The molecule has 0 bridgehead atoms. The van der Waals surface area contributed by atoms with Crippen molar-refractivity contribution in [3.8, 4) is 11.5 Å². The first-order valence-electron chi connectivity index (χ1n) is 15.5. The van der Waals surface area contributed by atoms with Crippen LogP contribution in [0.3, 0.4) is 0 Å². The second-order valence-electron chi connectivity index (χ2n) is 12.2. The molecular formula is C33H43Cl2N3O6. The van der Waals surface area contributed by atoms with Gasteiger partial charge in [-0.25, -0.2) is 4.79 Å². The molecule has 2 aliphatic heterocycles. The fourth-order valence-corrected chi connectivity index (χ4v) is 7.02. The number of nitrogens with one attached hydrogen (secondary N) is 1. The number of hydrogen-bond donors (Lipinski definition) is 3. The standard InChI is InChI=1S/C33H42ClN3O6.ClH/c1-2-3-17-37-30(39)28(29(38)23-7-5-4-6-8-23)35-32(42)33(37)15-18-36(19-16-33)21-22-9-12-25(13-10-22)43-27-14-11-24(31(40)41)20-26(27)34;/h9-14,20,23,28-29,38H,2-8,15-19,21H2,1H3,(H,35,42)(H,40,41);1H/t28-,29-;/m1./s1. The van der Waals surface area contributed by atoms with E-state index in [1.807, 2.05) is 29.2 Å². The van der Waals surface area contributed by atoms with Crippen molar-refractivity contribution in [3.63, 3.8) is 0 Å². The number of carboxylic acids is 1. The largest absolute Gasteiger partial charge is 0.478 e. The molecule has 3 fully saturated rings. The number of carboxylic acid groups (broad SMARTS) is 1. The van der Waals surface area contributed by atoms with Crippen molar-refractivity contribution >= 4 is 41.8 Å². The van der Waals surface area contributed by atoms with E-state index in [0.717, 1.165) is 50.5 Å². The Kier molecular flexibility index (Phi) is 11.6. The first-order valence-corrected chi connectivity index (χ1v) is 15.9. The maximum absolute atomic E-state index is 13.8. The van der Waals surface area contributed by atoms with E-state index in [4.69, 9.17) is 21.4 Å². The minimum atomic E-state index is -1.05. The van der Waals surface area contributed by atoms with Crippen LogP contribution in [0, 0.1) is 5.92 Å². The van der Waals surface area contributed by atoms with Crippen LogP contribution in [0.1, 0.15) is 80.6 Å². The molecule has 3 aliphatic rings. The molecule has 1 saturated carbocycles. The van der Waals surface area contributed by atoms with E-state index in [1.54, 1.807) is 0 Å². The monoisotopic (exact) mass is 647 g/mol. The fraction of sp³-hybridized carbons (Fsp3) is 0.545. The summed E-state index contributed by atoms with van der Waals surface area (Å²) in [5.74, 6) is -0.295. The average molecular weight is 649 g/mol. The number of rotatable bonds is 10. The summed E-state index contributed by atoms with van der Waals surface area (Å²) < 4.78 is 5.86. The van der Waals surface area contributed by atoms with E-state index in [2.05, 4.69) is 17.1 Å². The molecule has 240 valence electrons. The number of aromatic carboxylic acids is 1. The SMILES string of the molecule is CCCCN1C(=O)[C@@H]([C@H](O)C2CCCCC2)NC(=O)C12CCN(Cc1ccc(Oc3ccc(C(=O)O)cc3Cl)cc1)CC2.Cl. The smallest absolute Gasteiger partial charge is 0.335 e. The molecule has 2 atom stereocenters. The number of amides is 2. The summed E-state index contributed by atoms with van der Waals surface area (Å²) in [5, 5.41) is 23.5. The number of halogens is 2. The van der Waals surface area contributed by atoms with Crippen LogP contribution in [0.4, 0.5) is 0 Å². The van der Waals surface area contributed by atoms with Gasteiger partial charge in [-0.3, -0.25) is 14.5 Å². The molecule has 3 N–H and O–H groups in total. The van der Waals surface area contributed by atoms with Gasteiger partial charge >= 0.3 is 5.97 Å². The first-order chi connectivity index (χ1) is 20.7. The lowest BCUT2D eigenvalue weighted by molar-refractivity contribution is -0.166. The Morgan fingerprint density at radius 1 is 1.09 bits per heavy atom. The highest BCUT2D eigenvalue weighted by Crippen LogP contribution is 2.37. The molecule has 2 heterocycles. The van der Waals surface area contributed by atoms with Gasteiger partial charge in [0, 0.05) is 26.2 Å². The molecule has 0 radical (unpaired) electrons. The number of piperazine rings is 1. The van der Waals surface area contributed by atoms with Crippen LogP contribution >= 0.6 is 24.0 Å². The third kappa shape index (κ3) is 7.33. The second kappa shape index (κ2) is 15.0. The Balaban J connectivity index is 0.00000442. The molecule has 0 aromatic heterocycles. The number of nitrogens with zero attached hydrogens (tertiary/aromatic N) is 2. The molecule has 1 aliphatic carbocycles. The number of ether oxygens (including phenoxy) is 1. The summed E-state index contributed by atoms with van der Waals surface area (Å²) in [6, 6.07) is 11.1. The summed E-state index contributed by atoms with van der Waals surface area (Å²) in [6.07, 6.45) is 7.07. The van der Waals surface area contributed by atoms with Crippen molar-refractivity contribution in [2.75, 3.05) is 19.6 Å². The van der Waals surface area contributed by atoms with E-state index >= 15 is 0 Å². The van der Waals surface area contributed by atoms with Crippen molar-refractivity contribution in [1.82, 2.24) is 15.1 Å². The van der Waals surface area contributed by atoms with E-state index in [9.17, 15) is 19.5 Å². The van der Waals surface area contributed by atoms with Crippen LogP contribution in [0.15, 0.2) is 42.5 Å².